The summed E-state index contributed by atoms with van der Waals surface area (Å²) in [5.74, 6) is -0.0476. The van der Waals surface area contributed by atoms with Gasteiger partial charge in [-0.25, -0.2) is 9.18 Å². The van der Waals surface area contributed by atoms with E-state index >= 15 is 0 Å². The molecule has 2 atom stereocenters. The second-order valence-corrected chi connectivity index (χ2v) is 8.37. The third kappa shape index (κ3) is 4.53. The van der Waals surface area contributed by atoms with Crippen molar-refractivity contribution in [1.29, 1.82) is 0 Å². The molecular formula is C22H30FN3O4. The summed E-state index contributed by atoms with van der Waals surface area (Å²) in [5.41, 5.74) is 0. The fourth-order valence-electron chi connectivity index (χ4n) is 4.65. The fourth-order valence-corrected chi connectivity index (χ4v) is 4.65. The molecule has 3 fully saturated rings. The monoisotopic (exact) mass is 419 g/mol. The van der Waals surface area contributed by atoms with E-state index in [4.69, 9.17) is 9.47 Å². The second kappa shape index (κ2) is 9.20. The Morgan fingerprint density at radius 1 is 1.10 bits per heavy atom. The molecule has 2 amide bonds. The van der Waals surface area contributed by atoms with Crippen LogP contribution in [0.15, 0.2) is 24.3 Å². The normalized spacial score (nSPS) is 25.5. The molecule has 0 unspecified atom stereocenters. The molecule has 8 heteroatoms. The van der Waals surface area contributed by atoms with Gasteiger partial charge in [0, 0.05) is 44.7 Å². The third-order valence-corrected chi connectivity index (χ3v) is 6.49. The number of hydrogen-bond donors (Lipinski definition) is 0. The standard InChI is InChI=1S/C22H30FN3O4/c1-29-22(28)26-15-19(30-18-8-2-5-16(23)13-18)14-20(26)21(27)25-10-4-9-24(11-12-25)17-6-3-7-17/h2,5,8,13,17,19-20H,3-4,6-7,9-12,14-15H2,1H3/t19-,20+/m0/s1. The lowest BCUT2D eigenvalue weighted by Gasteiger charge is -2.36. The van der Waals surface area contributed by atoms with Crippen LogP contribution in [0, 0.1) is 5.82 Å². The van der Waals surface area contributed by atoms with E-state index < -0.39 is 18.2 Å². The molecule has 0 N–H and O–H groups in total. The maximum Gasteiger partial charge on any atom is 0.410 e. The highest BCUT2D eigenvalue weighted by molar-refractivity contribution is 5.86. The smallest absolute Gasteiger partial charge is 0.410 e. The molecule has 1 aliphatic carbocycles. The number of nitrogens with zero attached hydrogens (tertiary/aromatic N) is 3. The van der Waals surface area contributed by atoms with Gasteiger partial charge in [-0.3, -0.25) is 14.6 Å². The van der Waals surface area contributed by atoms with Crippen LogP contribution in [-0.2, 0) is 9.53 Å². The average molecular weight is 419 g/mol. The minimum absolute atomic E-state index is 0.0544. The maximum absolute atomic E-state index is 13.5. The van der Waals surface area contributed by atoms with Gasteiger partial charge in [0.25, 0.3) is 0 Å². The van der Waals surface area contributed by atoms with Gasteiger partial charge < -0.3 is 14.4 Å². The Kier molecular flexibility index (Phi) is 6.41. The van der Waals surface area contributed by atoms with Gasteiger partial charge in [-0.05, 0) is 31.4 Å². The van der Waals surface area contributed by atoms with Crippen molar-refractivity contribution in [2.45, 2.75) is 50.3 Å². The van der Waals surface area contributed by atoms with E-state index in [2.05, 4.69) is 4.90 Å². The van der Waals surface area contributed by atoms with Crippen molar-refractivity contribution < 1.29 is 23.5 Å². The molecular weight excluding hydrogens is 389 g/mol. The van der Waals surface area contributed by atoms with Crippen molar-refractivity contribution >= 4 is 12.0 Å². The zero-order valence-electron chi connectivity index (χ0n) is 17.5. The number of ether oxygens (including phenoxy) is 2. The lowest BCUT2D eigenvalue weighted by Crippen LogP contribution is -2.49. The number of likely N-dealkylation sites (tertiary alicyclic amines) is 1. The predicted molar refractivity (Wildman–Crippen MR) is 109 cm³/mol. The van der Waals surface area contributed by atoms with Gasteiger partial charge in [0.15, 0.2) is 0 Å². The number of halogens is 1. The second-order valence-electron chi connectivity index (χ2n) is 8.37. The highest BCUT2D eigenvalue weighted by Crippen LogP contribution is 2.28. The van der Waals surface area contributed by atoms with Crippen LogP contribution in [0.5, 0.6) is 5.75 Å². The van der Waals surface area contributed by atoms with Crippen LogP contribution >= 0.6 is 0 Å². The summed E-state index contributed by atoms with van der Waals surface area (Å²) in [7, 11) is 1.31. The Labute approximate surface area is 176 Å². The van der Waals surface area contributed by atoms with Gasteiger partial charge in [-0.1, -0.05) is 12.5 Å². The first-order chi connectivity index (χ1) is 14.5. The number of methoxy groups -OCH3 is 1. The van der Waals surface area contributed by atoms with Gasteiger partial charge >= 0.3 is 6.09 Å². The molecule has 0 radical (unpaired) electrons. The van der Waals surface area contributed by atoms with Gasteiger partial charge in [0.05, 0.1) is 13.7 Å². The van der Waals surface area contributed by atoms with Crippen molar-refractivity contribution in [3.05, 3.63) is 30.1 Å². The molecule has 0 aromatic heterocycles. The van der Waals surface area contributed by atoms with Crippen LogP contribution in [0.4, 0.5) is 9.18 Å². The van der Waals surface area contributed by atoms with E-state index in [1.807, 2.05) is 4.90 Å². The fraction of sp³-hybridized carbons (Fsp3) is 0.636. The summed E-state index contributed by atoms with van der Waals surface area (Å²) < 4.78 is 24.3. The van der Waals surface area contributed by atoms with Crippen LogP contribution in [0.25, 0.3) is 0 Å². The molecule has 2 saturated heterocycles. The quantitative estimate of drug-likeness (QED) is 0.751. The summed E-state index contributed by atoms with van der Waals surface area (Å²) in [6, 6.07) is 5.95. The Morgan fingerprint density at radius 3 is 2.63 bits per heavy atom. The van der Waals surface area contributed by atoms with Crippen molar-refractivity contribution in [2.75, 3.05) is 39.8 Å². The van der Waals surface area contributed by atoms with Gasteiger partial charge in [0.1, 0.15) is 23.7 Å². The molecule has 7 nitrogen and oxygen atoms in total. The van der Waals surface area contributed by atoms with Crippen LogP contribution in [0.3, 0.4) is 0 Å². The van der Waals surface area contributed by atoms with Crippen LogP contribution in [0.1, 0.15) is 32.1 Å². The molecule has 4 rings (SSSR count). The van der Waals surface area contributed by atoms with Gasteiger partial charge in [-0.2, -0.15) is 0 Å². The first kappa shape index (κ1) is 20.9. The van der Waals surface area contributed by atoms with E-state index in [-0.39, 0.29) is 18.3 Å². The molecule has 0 bridgehead atoms. The molecule has 1 aromatic carbocycles. The van der Waals surface area contributed by atoms with Crippen molar-refractivity contribution in [3.63, 3.8) is 0 Å². The summed E-state index contributed by atoms with van der Waals surface area (Å²) in [6.07, 6.45) is 4.19. The van der Waals surface area contributed by atoms with Gasteiger partial charge in [0.2, 0.25) is 5.91 Å². The lowest BCUT2D eigenvalue weighted by molar-refractivity contribution is -0.135. The molecule has 1 aromatic rings. The Bertz CT molecular complexity index is 773. The Morgan fingerprint density at radius 2 is 1.93 bits per heavy atom. The molecule has 2 heterocycles. The van der Waals surface area contributed by atoms with Crippen molar-refractivity contribution in [2.24, 2.45) is 0 Å². The minimum atomic E-state index is -0.619. The molecule has 2 aliphatic heterocycles. The van der Waals surface area contributed by atoms with Crippen molar-refractivity contribution in [3.8, 4) is 5.75 Å². The summed E-state index contributed by atoms with van der Waals surface area (Å²) in [6.45, 7) is 3.51. The highest BCUT2D eigenvalue weighted by Gasteiger charge is 2.43. The molecule has 164 valence electrons. The van der Waals surface area contributed by atoms with E-state index in [1.54, 1.807) is 12.1 Å². The molecule has 30 heavy (non-hydrogen) atoms. The zero-order chi connectivity index (χ0) is 21.1. The number of carbonyl (C=O) groups is 2. The number of benzene rings is 1. The van der Waals surface area contributed by atoms with Gasteiger partial charge in [-0.15, -0.1) is 0 Å². The first-order valence-corrected chi connectivity index (χ1v) is 10.8. The number of rotatable bonds is 4. The van der Waals surface area contributed by atoms with E-state index in [0.29, 0.717) is 31.3 Å². The third-order valence-electron chi connectivity index (χ3n) is 6.49. The zero-order valence-corrected chi connectivity index (χ0v) is 17.5. The number of hydrogen-bond acceptors (Lipinski definition) is 5. The Hall–Kier alpha value is -2.35. The van der Waals surface area contributed by atoms with Crippen LogP contribution in [-0.4, -0.2) is 84.7 Å². The predicted octanol–water partition coefficient (Wildman–Crippen LogP) is 2.50. The molecule has 1 saturated carbocycles. The van der Waals surface area contributed by atoms with Crippen LogP contribution < -0.4 is 4.74 Å². The average Bonchev–Trinajstić information content (AvgIpc) is 2.96. The maximum atomic E-state index is 13.5. The first-order valence-electron chi connectivity index (χ1n) is 10.8. The summed E-state index contributed by atoms with van der Waals surface area (Å²) >= 11 is 0. The lowest BCUT2D eigenvalue weighted by atomic mass is 9.91. The highest BCUT2D eigenvalue weighted by atomic mass is 19.1. The largest absolute Gasteiger partial charge is 0.488 e. The number of carbonyl (C=O) groups excluding carboxylic acids is 2. The summed E-state index contributed by atoms with van der Waals surface area (Å²) in [5, 5.41) is 0. The molecule has 3 aliphatic rings. The Balaban J connectivity index is 1.42. The SMILES string of the molecule is COC(=O)N1C[C@@H](Oc2cccc(F)c2)C[C@@H]1C(=O)N1CCCN(C2CCC2)CC1. The van der Waals surface area contributed by atoms with Crippen molar-refractivity contribution in [1.82, 2.24) is 14.7 Å². The molecule has 0 spiro atoms. The topological polar surface area (TPSA) is 62.3 Å². The number of amides is 2. The van der Waals surface area contributed by atoms with E-state index in [9.17, 15) is 14.0 Å². The van der Waals surface area contributed by atoms with E-state index in [1.165, 1.54) is 43.4 Å². The van der Waals surface area contributed by atoms with Crippen LogP contribution in [0.2, 0.25) is 0 Å². The minimum Gasteiger partial charge on any atom is -0.488 e. The van der Waals surface area contributed by atoms with E-state index in [0.717, 1.165) is 19.5 Å². The summed E-state index contributed by atoms with van der Waals surface area (Å²) in [4.78, 5) is 31.5.